The summed E-state index contributed by atoms with van der Waals surface area (Å²) in [5.41, 5.74) is -0.392. The number of hydrogen-bond donors (Lipinski definition) is 1. The Morgan fingerprint density at radius 3 is 2.36 bits per heavy atom. The maximum absolute atomic E-state index is 13.1. The highest BCUT2D eigenvalue weighted by Crippen LogP contribution is 2.39. The Morgan fingerprint density at radius 1 is 1.36 bits per heavy atom. The Labute approximate surface area is 136 Å². The molecule has 1 atom stereocenters. The third-order valence-corrected chi connectivity index (χ3v) is 5.68. The van der Waals surface area contributed by atoms with Gasteiger partial charge in [0.2, 0.25) is 5.92 Å². The Hall–Kier alpha value is -0.520. The number of amides is 1. The van der Waals surface area contributed by atoms with Gasteiger partial charge in [0.15, 0.2) is 0 Å². The van der Waals surface area contributed by atoms with Gasteiger partial charge in [-0.25, -0.2) is 13.6 Å². The van der Waals surface area contributed by atoms with Gasteiger partial charge in [0.1, 0.15) is 0 Å². The van der Waals surface area contributed by atoms with Crippen molar-refractivity contribution in [1.82, 2.24) is 4.90 Å². The molecular formula is C16H29F2NO2S. The van der Waals surface area contributed by atoms with E-state index in [0.717, 1.165) is 12.8 Å². The first-order valence-electron chi connectivity index (χ1n) is 8.05. The number of thioether (sulfide) groups is 1. The van der Waals surface area contributed by atoms with Crippen LogP contribution in [-0.2, 0) is 0 Å². The van der Waals surface area contributed by atoms with Gasteiger partial charge >= 0.3 is 6.09 Å². The molecule has 0 bridgehead atoms. The average Bonchev–Trinajstić information content (AvgIpc) is 2.35. The minimum Gasteiger partial charge on any atom is -0.465 e. The lowest BCUT2D eigenvalue weighted by Gasteiger charge is -2.33. The van der Waals surface area contributed by atoms with E-state index in [-0.39, 0.29) is 12.8 Å². The molecule has 0 spiro atoms. The van der Waals surface area contributed by atoms with E-state index >= 15 is 0 Å². The molecule has 1 aliphatic rings. The standard InChI is InChI=1S/C16H29F2NO2S/c1-12(22-13-7-9-16(17,18)10-8-13)6-5-11-19(14(20)21)15(2,3)4/h12-13H,5-11H2,1-4H3,(H,20,21). The lowest BCUT2D eigenvalue weighted by atomic mass is 9.96. The lowest BCUT2D eigenvalue weighted by molar-refractivity contribution is -0.0324. The third-order valence-electron chi connectivity index (χ3n) is 4.12. The zero-order valence-electron chi connectivity index (χ0n) is 14.1. The van der Waals surface area contributed by atoms with Crippen LogP contribution in [0.25, 0.3) is 0 Å². The highest BCUT2D eigenvalue weighted by molar-refractivity contribution is 8.00. The molecule has 0 saturated heterocycles. The van der Waals surface area contributed by atoms with Crippen LogP contribution in [0.2, 0.25) is 0 Å². The van der Waals surface area contributed by atoms with Crippen LogP contribution in [0.1, 0.15) is 66.2 Å². The zero-order valence-corrected chi connectivity index (χ0v) is 14.9. The Kier molecular flexibility index (Phi) is 6.96. The van der Waals surface area contributed by atoms with E-state index in [0.29, 0.717) is 29.9 Å². The molecule has 0 aliphatic heterocycles. The van der Waals surface area contributed by atoms with Crippen LogP contribution < -0.4 is 0 Å². The van der Waals surface area contributed by atoms with Gasteiger partial charge in [-0.05, 0) is 46.5 Å². The highest BCUT2D eigenvalue weighted by atomic mass is 32.2. The number of carboxylic acid groups (broad SMARTS) is 1. The van der Waals surface area contributed by atoms with Crippen molar-refractivity contribution < 1.29 is 18.7 Å². The second-order valence-corrected chi connectivity index (χ2v) is 8.99. The number of carbonyl (C=O) groups is 1. The average molecular weight is 337 g/mol. The van der Waals surface area contributed by atoms with Gasteiger partial charge in [0.05, 0.1) is 0 Å². The van der Waals surface area contributed by atoms with Crippen molar-refractivity contribution in [3.8, 4) is 0 Å². The number of hydrogen-bond acceptors (Lipinski definition) is 2. The van der Waals surface area contributed by atoms with Gasteiger partial charge in [-0.3, -0.25) is 0 Å². The fourth-order valence-electron chi connectivity index (χ4n) is 2.80. The number of nitrogens with zero attached hydrogens (tertiary/aromatic N) is 1. The number of halogens is 2. The zero-order chi connectivity index (χ0) is 17.0. The molecule has 22 heavy (non-hydrogen) atoms. The van der Waals surface area contributed by atoms with Crippen LogP contribution in [0.4, 0.5) is 13.6 Å². The van der Waals surface area contributed by atoms with E-state index in [4.69, 9.17) is 0 Å². The van der Waals surface area contributed by atoms with Gasteiger partial charge in [-0.2, -0.15) is 11.8 Å². The van der Waals surface area contributed by atoms with Crippen LogP contribution in [0.15, 0.2) is 0 Å². The molecule has 1 rings (SSSR count). The van der Waals surface area contributed by atoms with E-state index in [9.17, 15) is 18.7 Å². The smallest absolute Gasteiger partial charge is 0.407 e. The molecule has 0 aromatic heterocycles. The predicted octanol–water partition coefficient (Wildman–Crippen LogP) is 5.24. The molecule has 3 nitrogen and oxygen atoms in total. The predicted molar refractivity (Wildman–Crippen MR) is 88.0 cm³/mol. The first kappa shape index (κ1) is 19.5. The van der Waals surface area contributed by atoms with Crippen molar-refractivity contribution >= 4 is 17.9 Å². The minimum absolute atomic E-state index is 0.00814. The molecule has 1 N–H and O–H groups in total. The van der Waals surface area contributed by atoms with Crippen molar-refractivity contribution in [2.75, 3.05) is 6.54 Å². The topological polar surface area (TPSA) is 40.5 Å². The van der Waals surface area contributed by atoms with Crippen LogP contribution >= 0.6 is 11.8 Å². The molecule has 1 amide bonds. The summed E-state index contributed by atoms with van der Waals surface area (Å²) >= 11 is 1.79. The summed E-state index contributed by atoms with van der Waals surface area (Å²) < 4.78 is 26.2. The molecule has 0 radical (unpaired) electrons. The molecule has 1 fully saturated rings. The second-order valence-electron chi connectivity index (χ2n) is 7.25. The van der Waals surface area contributed by atoms with Crippen LogP contribution in [0, 0.1) is 0 Å². The Balaban J connectivity index is 2.29. The first-order valence-corrected chi connectivity index (χ1v) is 8.99. The molecule has 1 saturated carbocycles. The van der Waals surface area contributed by atoms with Crippen molar-refractivity contribution in [1.29, 1.82) is 0 Å². The monoisotopic (exact) mass is 337 g/mol. The fraction of sp³-hybridized carbons (Fsp3) is 0.938. The van der Waals surface area contributed by atoms with E-state index in [1.54, 1.807) is 11.8 Å². The molecule has 130 valence electrons. The maximum Gasteiger partial charge on any atom is 0.407 e. The highest BCUT2D eigenvalue weighted by Gasteiger charge is 2.35. The molecule has 0 heterocycles. The van der Waals surface area contributed by atoms with Gasteiger partial charge in [0.25, 0.3) is 0 Å². The summed E-state index contributed by atoms with van der Waals surface area (Å²) in [5, 5.41) is 9.94. The van der Waals surface area contributed by atoms with Gasteiger partial charge in [0, 0.05) is 35.4 Å². The van der Waals surface area contributed by atoms with Crippen LogP contribution in [-0.4, -0.2) is 44.6 Å². The van der Waals surface area contributed by atoms with Gasteiger partial charge in [-0.15, -0.1) is 0 Å². The fourth-order valence-corrected chi connectivity index (χ4v) is 4.27. The Morgan fingerprint density at radius 2 is 1.91 bits per heavy atom. The lowest BCUT2D eigenvalue weighted by Crippen LogP contribution is -2.45. The first-order chi connectivity index (χ1) is 10.0. The minimum atomic E-state index is -2.46. The summed E-state index contributed by atoms with van der Waals surface area (Å²) in [4.78, 5) is 12.7. The van der Waals surface area contributed by atoms with Crippen molar-refractivity contribution in [3.63, 3.8) is 0 Å². The van der Waals surface area contributed by atoms with Crippen LogP contribution in [0.5, 0.6) is 0 Å². The Bertz CT molecular complexity index is 362. The molecule has 6 heteroatoms. The van der Waals surface area contributed by atoms with Crippen molar-refractivity contribution in [3.05, 3.63) is 0 Å². The molecule has 1 unspecified atom stereocenters. The quantitative estimate of drug-likeness (QED) is 0.720. The van der Waals surface area contributed by atoms with E-state index < -0.39 is 17.6 Å². The normalized spacial score (nSPS) is 20.6. The summed E-state index contributed by atoms with van der Waals surface area (Å²) in [5.74, 6) is -2.46. The summed E-state index contributed by atoms with van der Waals surface area (Å²) in [6.45, 7) is 8.30. The number of alkyl halides is 2. The third kappa shape index (κ3) is 6.71. The maximum atomic E-state index is 13.1. The van der Waals surface area contributed by atoms with Crippen molar-refractivity contribution in [2.24, 2.45) is 0 Å². The van der Waals surface area contributed by atoms with Crippen molar-refractivity contribution in [2.45, 2.75) is 88.2 Å². The second kappa shape index (κ2) is 7.84. The summed E-state index contributed by atoms with van der Waals surface area (Å²) in [7, 11) is 0. The number of rotatable bonds is 6. The molecule has 0 aromatic carbocycles. The van der Waals surface area contributed by atoms with Gasteiger partial charge < -0.3 is 10.0 Å². The van der Waals surface area contributed by atoms with E-state index in [1.165, 1.54) is 4.90 Å². The SMILES string of the molecule is CC(CCCN(C(=O)O)C(C)(C)C)SC1CCC(F)(F)CC1. The van der Waals surface area contributed by atoms with E-state index in [1.807, 2.05) is 20.8 Å². The van der Waals surface area contributed by atoms with Gasteiger partial charge in [-0.1, -0.05) is 6.92 Å². The summed E-state index contributed by atoms with van der Waals surface area (Å²) in [6, 6.07) is 0. The largest absolute Gasteiger partial charge is 0.465 e. The molecule has 1 aliphatic carbocycles. The van der Waals surface area contributed by atoms with Crippen LogP contribution in [0.3, 0.4) is 0 Å². The van der Waals surface area contributed by atoms with E-state index in [2.05, 4.69) is 6.92 Å². The summed E-state index contributed by atoms with van der Waals surface area (Å²) in [6.07, 6.45) is 2.03. The molecular weight excluding hydrogens is 308 g/mol. The molecule has 0 aromatic rings.